The van der Waals surface area contributed by atoms with E-state index in [0.29, 0.717) is 35.0 Å². The van der Waals surface area contributed by atoms with Gasteiger partial charge in [0.25, 0.3) is 0 Å². The Morgan fingerprint density at radius 3 is 2.04 bits per heavy atom. The second-order valence-corrected chi connectivity index (χ2v) is 18.1. The highest BCUT2D eigenvalue weighted by molar-refractivity contribution is 5.69. The van der Waals surface area contributed by atoms with Crippen LogP contribution in [-0.2, 0) is 9.53 Å². The SMILES string of the molecule is C=C(CCC(C)C1CCC2=C3CCC4C(C)C(OC(=O)CCCCCCCCCCCCCCC)CCC4(C)C3CCC21C)C(C)C. The van der Waals surface area contributed by atoms with Gasteiger partial charge in [0.2, 0.25) is 0 Å². The average molecular weight is 651 g/mol. The Labute approximate surface area is 293 Å². The van der Waals surface area contributed by atoms with E-state index in [9.17, 15) is 4.79 Å². The third-order valence-electron chi connectivity index (χ3n) is 14.7. The maximum absolute atomic E-state index is 13.0. The summed E-state index contributed by atoms with van der Waals surface area (Å²) in [5, 5.41) is 0. The zero-order valence-corrected chi connectivity index (χ0v) is 32.5. The minimum Gasteiger partial charge on any atom is -0.462 e. The molecule has 0 heterocycles. The van der Waals surface area contributed by atoms with Gasteiger partial charge in [-0.05, 0) is 117 Å². The molecule has 0 spiro atoms. The summed E-state index contributed by atoms with van der Waals surface area (Å²) in [6, 6.07) is 0. The fourth-order valence-corrected chi connectivity index (χ4v) is 11.5. The van der Waals surface area contributed by atoms with Crippen molar-refractivity contribution in [2.45, 2.75) is 209 Å². The number of carbonyl (C=O) groups excluding carboxylic acids is 1. The molecule has 47 heavy (non-hydrogen) atoms. The van der Waals surface area contributed by atoms with Gasteiger partial charge in [-0.15, -0.1) is 0 Å². The molecular formula is C45H78O2. The number of fused-ring (bicyclic) bond motifs is 4. The average Bonchev–Trinajstić information content (AvgIpc) is 3.40. The van der Waals surface area contributed by atoms with Crippen LogP contribution in [0.15, 0.2) is 23.3 Å². The van der Waals surface area contributed by atoms with Crippen molar-refractivity contribution in [1.29, 1.82) is 0 Å². The number of ether oxygens (including phenoxy) is 1. The van der Waals surface area contributed by atoms with Crippen molar-refractivity contribution in [1.82, 2.24) is 0 Å². The van der Waals surface area contributed by atoms with Gasteiger partial charge in [-0.2, -0.15) is 0 Å². The number of rotatable bonds is 20. The van der Waals surface area contributed by atoms with E-state index in [-0.39, 0.29) is 12.1 Å². The third-order valence-corrected chi connectivity index (χ3v) is 14.7. The lowest BCUT2D eigenvalue weighted by molar-refractivity contribution is -0.162. The molecule has 2 nitrogen and oxygen atoms in total. The molecule has 8 atom stereocenters. The summed E-state index contributed by atoms with van der Waals surface area (Å²) in [5.74, 6) is 4.21. The van der Waals surface area contributed by atoms with Crippen molar-refractivity contribution in [2.24, 2.45) is 46.3 Å². The lowest BCUT2D eigenvalue weighted by Gasteiger charge is -2.58. The van der Waals surface area contributed by atoms with Crippen molar-refractivity contribution in [3.05, 3.63) is 23.3 Å². The summed E-state index contributed by atoms with van der Waals surface area (Å²) >= 11 is 0. The summed E-state index contributed by atoms with van der Waals surface area (Å²) in [7, 11) is 0. The smallest absolute Gasteiger partial charge is 0.306 e. The lowest BCUT2D eigenvalue weighted by atomic mass is 9.47. The number of esters is 1. The number of carbonyl (C=O) groups is 1. The highest BCUT2D eigenvalue weighted by atomic mass is 16.5. The first-order chi connectivity index (χ1) is 22.5. The molecule has 0 aliphatic heterocycles. The van der Waals surface area contributed by atoms with Crippen LogP contribution in [0.4, 0.5) is 0 Å². The molecule has 3 fully saturated rings. The van der Waals surface area contributed by atoms with Crippen molar-refractivity contribution >= 4 is 5.97 Å². The molecule has 8 unspecified atom stereocenters. The number of unbranched alkanes of at least 4 members (excludes halogenated alkanes) is 12. The van der Waals surface area contributed by atoms with Crippen LogP contribution in [-0.4, -0.2) is 12.1 Å². The maximum atomic E-state index is 13.0. The van der Waals surface area contributed by atoms with Crippen LogP contribution < -0.4 is 0 Å². The Balaban J connectivity index is 1.19. The first-order valence-corrected chi connectivity index (χ1v) is 21.1. The van der Waals surface area contributed by atoms with Gasteiger partial charge in [-0.25, -0.2) is 0 Å². The number of allylic oxidation sites excluding steroid dienone is 3. The highest BCUT2D eigenvalue weighted by Crippen LogP contribution is 2.66. The Morgan fingerprint density at radius 2 is 1.43 bits per heavy atom. The molecule has 4 aliphatic rings. The normalized spacial score (nSPS) is 32.6. The predicted molar refractivity (Wildman–Crippen MR) is 202 cm³/mol. The number of hydrogen-bond donors (Lipinski definition) is 0. The molecule has 270 valence electrons. The third kappa shape index (κ3) is 9.60. The predicted octanol–water partition coefficient (Wildman–Crippen LogP) is 14.0. The van der Waals surface area contributed by atoms with Gasteiger partial charge >= 0.3 is 5.97 Å². The van der Waals surface area contributed by atoms with Gasteiger partial charge in [0.1, 0.15) is 6.10 Å². The molecule has 0 aromatic carbocycles. The summed E-state index contributed by atoms with van der Waals surface area (Å²) in [4.78, 5) is 13.0. The maximum Gasteiger partial charge on any atom is 0.306 e. The van der Waals surface area contributed by atoms with Gasteiger partial charge in [0.05, 0.1) is 0 Å². The van der Waals surface area contributed by atoms with Crippen molar-refractivity contribution in [3.63, 3.8) is 0 Å². The molecule has 0 bridgehead atoms. The van der Waals surface area contributed by atoms with Crippen LogP contribution in [0.3, 0.4) is 0 Å². The van der Waals surface area contributed by atoms with Gasteiger partial charge in [0, 0.05) is 6.42 Å². The molecule has 0 aromatic rings. The molecule has 0 aromatic heterocycles. The molecule has 0 saturated heterocycles. The van der Waals surface area contributed by atoms with Gasteiger partial charge in [-0.1, -0.05) is 149 Å². The van der Waals surface area contributed by atoms with Crippen LogP contribution in [0.5, 0.6) is 0 Å². The van der Waals surface area contributed by atoms with E-state index >= 15 is 0 Å². The largest absolute Gasteiger partial charge is 0.462 e. The molecule has 0 radical (unpaired) electrons. The van der Waals surface area contributed by atoms with Crippen LogP contribution in [0.1, 0.15) is 203 Å². The summed E-state index contributed by atoms with van der Waals surface area (Å²) in [6.45, 7) is 21.5. The Morgan fingerprint density at radius 1 is 0.809 bits per heavy atom. The second-order valence-electron chi connectivity index (χ2n) is 18.1. The van der Waals surface area contributed by atoms with E-state index in [2.05, 4.69) is 55.0 Å². The van der Waals surface area contributed by atoms with Crippen molar-refractivity contribution in [3.8, 4) is 0 Å². The molecule has 3 saturated carbocycles. The zero-order chi connectivity index (χ0) is 34.0. The fourth-order valence-electron chi connectivity index (χ4n) is 11.5. The monoisotopic (exact) mass is 651 g/mol. The summed E-state index contributed by atoms with van der Waals surface area (Å²) in [5.41, 5.74) is 6.01. The van der Waals surface area contributed by atoms with E-state index in [1.807, 2.05) is 11.1 Å². The second kappa shape index (κ2) is 18.3. The molecule has 4 aliphatic carbocycles. The van der Waals surface area contributed by atoms with Crippen molar-refractivity contribution < 1.29 is 9.53 Å². The van der Waals surface area contributed by atoms with E-state index in [1.165, 1.54) is 140 Å². The van der Waals surface area contributed by atoms with Crippen LogP contribution in [0, 0.1) is 46.3 Å². The summed E-state index contributed by atoms with van der Waals surface area (Å²) in [6.07, 6.45) is 31.0. The van der Waals surface area contributed by atoms with Gasteiger partial charge in [-0.3, -0.25) is 4.79 Å². The lowest BCUT2D eigenvalue weighted by Crippen LogP contribution is -2.52. The fraction of sp³-hybridized carbons (Fsp3) is 0.889. The minimum atomic E-state index is 0.0728. The van der Waals surface area contributed by atoms with Gasteiger partial charge in [0.15, 0.2) is 0 Å². The Hall–Kier alpha value is -1.05. The first kappa shape index (κ1) is 38.7. The zero-order valence-electron chi connectivity index (χ0n) is 32.5. The Kier molecular flexibility index (Phi) is 15.1. The molecule has 4 rings (SSSR count). The molecule has 2 heteroatoms. The molecule has 0 amide bonds. The van der Waals surface area contributed by atoms with Crippen LogP contribution in [0.2, 0.25) is 0 Å². The quantitative estimate of drug-likeness (QED) is 0.0744. The highest BCUT2D eigenvalue weighted by Gasteiger charge is 2.57. The minimum absolute atomic E-state index is 0.0728. The van der Waals surface area contributed by atoms with Crippen LogP contribution >= 0.6 is 0 Å². The first-order valence-electron chi connectivity index (χ1n) is 21.1. The van der Waals surface area contributed by atoms with Crippen molar-refractivity contribution in [2.75, 3.05) is 0 Å². The topological polar surface area (TPSA) is 26.3 Å². The molecule has 0 N–H and O–H groups in total. The van der Waals surface area contributed by atoms with Gasteiger partial charge < -0.3 is 4.74 Å². The van der Waals surface area contributed by atoms with E-state index in [4.69, 9.17) is 4.74 Å². The Bertz CT molecular complexity index is 1020. The van der Waals surface area contributed by atoms with E-state index < -0.39 is 0 Å². The van der Waals surface area contributed by atoms with E-state index in [0.717, 1.165) is 30.6 Å². The summed E-state index contributed by atoms with van der Waals surface area (Å²) < 4.78 is 6.26. The number of hydrogen-bond acceptors (Lipinski definition) is 2. The standard InChI is InChI=1S/C45H78O2/c1-9-10-11-12-13-14-15-16-17-18-19-20-21-22-43(46)47-42-30-32-45(8)39(36(42)6)26-25-37-40-28-27-38(44(40,7)31-29-41(37)45)35(5)24-23-34(4)33(2)3/h33,35-36,38-39,41-42H,4,9-32H2,1-3,5-8H3. The van der Waals surface area contributed by atoms with E-state index in [1.54, 1.807) is 0 Å². The molecular weight excluding hydrogens is 572 g/mol. The van der Waals surface area contributed by atoms with Crippen LogP contribution in [0.25, 0.3) is 0 Å².